The molecule has 1 amide bonds. The van der Waals surface area contributed by atoms with E-state index in [1.807, 2.05) is 30.9 Å². The summed E-state index contributed by atoms with van der Waals surface area (Å²) in [5, 5.41) is 0. The number of nitrogens with zero attached hydrogens (tertiary/aromatic N) is 1. The highest BCUT2D eigenvalue weighted by Crippen LogP contribution is 2.61. The molecule has 170 valence electrons. The lowest BCUT2D eigenvalue weighted by molar-refractivity contribution is -0.140. The normalized spacial score (nSPS) is 33.1. The molecule has 1 aromatic carbocycles. The first-order valence-corrected chi connectivity index (χ1v) is 13.6. The number of benzene rings is 1. The van der Waals surface area contributed by atoms with Gasteiger partial charge < -0.3 is 4.90 Å². The SMILES string of the molecule is Cc1ccc(S(=O)(=O)NC2CCN(C(=O)CC34CC5CC(CC(C5)C3)C4)CC2)c(C)c1. The van der Waals surface area contributed by atoms with Gasteiger partial charge in [0, 0.05) is 25.6 Å². The topological polar surface area (TPSA) is 66.5 Å². The van der Waals surface area contributed by atoms with Crippen LogP contribution in [0.25, 0.3) is 0 Å². The van der Waals surface area contributed by atoms with Crippen molar-refractivity contribution in [3.63, 3.8) is 0 Å². The number of nitrogens with one attached hydrogen (secondary N) is 1. The van der Waals surface area contributed by atoms with Crippen LogP contribution in [0.3, 0.4) is 0 Å². The Morgan fingerprint density at radius 1 is 1.03 bits per heavy atom. The van der Waals surface area contributed by atoms with Gasteiger partial charge in [0.25, 0.3) is 0 Å². The predicted molar refractivity (Wildman–Crippen MR) is 121 cm³/mol. The maximum Gasteiger partial charge on any atom is 0.241 e. The van der Waals surface area contributed by atoms with E-state index in [4.69, 9.17) is 0 Å². The molecule has 5 nitrogen and oxygen atoms in total. The predicted octanol–water partition coefficient (Wildman–Crippen LogP) is 4.18. The van der Waals surface area contributed by atoms with Gasteiger partial charge in [0.2, 0.25) is 15.9 Å². The van der Waals surface area contributed by atoms with Gasteiger partial charge in [-0.1, -0.05) is 17.7 Å². The Labute approximate surface area is 187 Å². The van der Waals surface area contributed by atoms with E-state index >= 15 is 0 Å². The fraction of sp³-hybridized carbons (Fsp3) is 0.720. The highest BCUT2D eigenvalue weighted by molar-refractivity contribution is 7.89. The lowest BCUT2D eigenvalue weighted by Crippen LogP contribution is -2.50. The van der Waals surface area contributed by atoms with Crippen LogP contribution in [0.4, 0.5) is 0 Å². The molecule has 6 rings (SSSR count). The summed E-state index contributed by atoms with van der Waals surface area (Å²) < 4.78 is 28.6. The fourth-order valence-corrected chi connectivity index (χ4v) is 9.10. The maximum absolute atomic E-state index is 13.2. The summed E-state index contributed by atoms with van der Waals surface area (Å²) in [6.45, 7) is 5.12. The standard InChI is InChI=1S/C25H36N2O3S/c1-17-3-4-23(18(2)9-17)31(29,30)26-22-5-7-27(8-6-22)24(28)16-25-13-19-10-20(14-25)12-21(11-19)15-25/h3-4,9,19-22,26H,5-8,10-16H2,1-2H3. The number of hydrogen-bond acceptors (Lipinski definition) is 3. The molecule has 4 saturated carbocycles. The minimum atomic E-state index is -3.53. The summed E-state index contributed by atoms with van der Waals surface area (Å²) in [7, 11) is -3.53. The third kappa shape index (κ3) is 4.30. The lowest BCUT2D eigenvalue weighted by atomic mass is 9.49. The van der Waals surface area contributed by atoms with Crippen LogP contribution in [0.5, 0.6) is 0 Å². The molecule has 6 heteroatoms. The van der Waals surface area contributed by atoms with E-state index in [9.17, 15) is 13.2 Å². The fourth-order valence-electron chi connectivity index (χ4n) is 7.57. The Bertz CT molecular complexity index is 928. The first-order valence-electron chi connectivity index (χ1n) is 12.1. The molecule has 1 aromatic rings. The Morgan fingerprint density at radius 3 is 2.16 bits per heavy atom. The summed E-state index contributed by atoms with van der Waals surface area (Å²) in [5.41, 5.74) is 2.10. The Hall–Kier alpha value is -1.40. The Balaban J connectivity index is 1.17. The van der Waals surface area contributed by atoms with Crippen molar-refractivity contribution in [2.24, 2.45) is 23.2 Å². The van der Waals surface area contributed by atoms with E-state index in [1.165, 1.54) is 38.5 Å². The van der Waals surface area contributed by atoms with Crippen LogP contribution in [-0.2, 0) is 14.8 Å². The van der Waals surface area contributed by atoms with E-state index in [2.05, 4.69) is 4.72 Å². The molecule has 1 N–H and O–H groups in total. The number of sulfonamides is 1. The van der Waals surface area contributed by atoms with Crippen molar-refractivity contribution < 1.29 is 13.2 Å². The van der Waals surface area contributed by atoms with Gasteiger partial charge in [-0.3, -0.25) is 4.79 Å². The molecule has 5 fully saturated rings. The Morgan fingerprint density at radius 2 is 1.61 bits per heavy atom. The average Bonchev–Trinajstić information content (AvgIpc) is 2.66. The number of hydrogen-bond donors (Lipinski definition) is 1. The van der Waals surface area contributed by atoms with Crippen molar-refractivity contribution in [2.45, 2.75) is 82.6 Å². The van der Waals surface area contributed by atoms with Gasteiger partial charge in [-0.05, 0) is 100 Å². The zero-order chi connectivity index (χ0) is 21.8. The molecule has 0 unspecified atom stereocenters. The summed E-state index contributed by atoms with van der Waals surface area (Å²) >= 11 is 0. The van der Waals surface area contributed by atoms with Gasteiger partial charge in [0.1, 0.15) is 0 Å². The van der Waals surface area contributed by atoms with Crippen molar-refractivity contribution >= 4 is 15.9 Å². The van der Waals surface area contributed by atoms with Gasteiger partial charge in [-0.2, -0.15) is 0 Å². The van der Waals surface area contributed by atoms with Gasteiger partial charge in [0.05, 0.1) is 4.90 Å². The average molecular weight is 445 g/mol. The Kier molecular flexibility index (Phi) is 5.45. The maximum atomic E-state index is 13.2. The molecule has 0 atom stereocenters. The number of piperidine rings is 1. The first kappa shape index (κ1) is 21.4. The van der Waals surface area contributed by atoms with Crippen molar-refractivity contribution in [1.29, 1.82) is 0 Å². The molecule has 5 aliphatic rings. The van der Waals surface area contributed by atoms with Gasteiger partial charge >= 0.3 is 0 Å². The minimum Gasteiger partial charge on any atom is -0.343 e. The molecular weight excluding hydrogens is 408 g/mol. The quantitative estimate of drug-likeness (QED) is 0.741. The second-order valence-corrected chi connectivity index (χ2v) is 12.8. The van der Waals surface area contributed by atoms with Crippen LogP contribution in [0, 0.1) is 37.0 Å². The molecule has 1 heterocycles. The zero-order valence-corrected chi connectivity index (χ0v) is 19.7. The van der Waals surface area contributed by atoms with E-state index in [0.717, 1.165) is 35.3 Å². The second kappa shape index (κ2) is 7.87. The second-order valence-electron chi connectivity index (χ2n) is 11.1. The number of rotatable bonds is 5. The van der Waals surface area contributed by atoms with E-state index in [1.54, 1.807) is 6.07 Å². The highest BCUT2D eigenvalue weighted by atomic mass is 32.2. The first-order chi connectivity index (χ1) is 14.7. The van der Waals surface area contributed by atoms with Crippen LogP contribution in [0.2, 0.25) is 0 Å². The smallest absolute Gasteiger partial charge is 0.241 e. The van der Waals surface area contributed by atoms with E-state index < -0.39 is 10.0 Å². The molecule has 1 aliphatic heterocycles. The molecular formula is C25H36N2O3S. The number of carbonyl (C=O) groups excluding carboxylic acids is 1. The van der Waals surface area contributed by atoms with Crippen LogP contribution in [0.15, 0.2) is 23.1 Å². The highest BCUT2D eigenvalue weighted by Gasteiger charge is 2.51. The molecule has 4 aliphatic carbocycles. The summed E-state index contributed by atoms with van der Waals surface area (Å²) in [6.07, 6.45) is 10.1. The number of likely N-dealkylation sites (tertiary alicyclic amines) is 1. The van der Waals surface area contributed by atoms with Crippen LogP contribution < -0.4 is 4.72 Å². The van der Waals surface area contributed by atoms with E-state index in [0.29, 0.717) is 36.7 Å². The summed E-state index contributed by atoms with van der Waals surface area (Å²) in [4.78, 5) is 15.5. The number of amides is 1. The van der Waals surface area contributed by atoms with Crippen molar-refractivity contribution in [3.05, 3.63) is 29.3 Å². The number of carbonyl (C=O) groups is 1. The van der Waals surface area contributed by atoms with E-state index in [-0.39, 0.29) is 11.5 Å². The third-order valence-corrected chi connectivity index (χ3v) is 10.2. The monoisotopic (exact) mass is 444 g/mol. The van der Waals surface area contributed by atoms with Gasteiger partial charge in [-0.15, -0.1) is 0 Å². The zero-order valence-electron chi connectivity index (χ0n) is 18.9. The minimum absolute atomic E-state index is 0.102. The molecule has 1 saturated heterocycles. The van der Waals surface area contributed by atoms with Gasteiger partial charge in [0.15, 0.2) is 0 Å². The van der Waals surface area contributed by atoms with Crippen molar-refractivity contribution in [3.8, 4) is 0 Å². The van der Waals surface area contributed by atoms with Crippen LogP contribution in [-0.4, -0.2) is 38.4 Å². The third-order valence-electron chi connectivity index (χ3n) is 8.48. The van der Waals surface area contributed by atoms with Crippen molar-refractivity contribution in [1.82, 2.24) is 9.62 Å². The summed E-state index contributed by atoms with van der Waals surface area (Å²) in [6, 6.07) is 5.33. The van der Waals surface area contributed by atoms with Crippen LogP contribution in [0.1, 0.15) is 68.9 Å². The van der Waals surface area contributed by atoms with Crippen molar-refractivity contribution in [2.75, 3.05) is 13.1 Å². The van der Waals surface area contributed by atoms with Gasteiger partial charge in [-0.25, -0.2) is 13.1 Å². The molecule has 0 radical (unpaired) electrons. The molecule has 0 spiro atoms. The van der Waals surface area contributed by atoms with Crippen LogP contribution >= 0.6 is 0 Å². The molecule has 0 aromatic heterocycles. The largest absolute Gasteiger partial charge is 0.343 e. The number of aryl methyl sites for hydroxylation is 2. The molecule has 4 bridgehead atoms. The molecule has 31 heavy (non-hydrogen) atoms. The lowest BCUT2D eigenvalue weighted by Gasteiger charge is -2.57. The summed E-state index contributed by atoms with van der Waals surface area (Å²) in [5.74, 6) is 2.90.